The van der Waals surface area contributed by atoms with E-state index in [0.717, 1.165) is 16.2 Å². The summed E-state index contributed by atoms with van der Waals surface area (Å²) in [6.45, 7) is 1.68. The van der Waals surface area contributed by atoms with E-state index >= 15 is 0 Å². The minimum Gasteiger partial charge on any atom is -0.297 e. The van der Waals surface area contributed by atoms with Crippen molar-refractivity contribution in [1.82, 2.24) is 9.38 Å². The monoisotopic (exact) mass is 403 g/mol. The Balaban J connectivity index is 1.61. The standard InChI is InChI=1S/C18H14ClN3O2S2/c1-12-15(19)3-2-4-17(12)26(23,24)21-14-7-5-13(6-8-14)16-11-22-9-10-25-18(22)20-16/h2-11,21H,1H3. The molecule has 4 rings (SSSR count). The fourth-order valence-electron chi connectivity index (χ4n) is 2.66. The van der Waals surface area contributed by atoms with Crippen molar-refractivity contribution in [3.8, 4) is 11.3 Å². The maximum absolute atomic E-state index is 12.6. The van der Waals surface area contributed by atoms with Crippen molar-refractivity contribution < 1.29 is 8.42 Å². The van der Waals surface area contributed by atoms with Crippen molar-refractivity contribution in [2.75, 3.05) is 4.72 Å². The lowest BCUT2D eigenvalue weighted by atomic mass is 10.1. The van der Waals surface area contributed by atoms with Crippen LogP contribution in [0.1, 0.15) is 5.56 Å². The van der Waals surface area contributed by atoms with Gasteiger partial charge in [0.25, 0.3) is 10.0 Å². The zero-order valence-electron chi connectivity index (χ0n) is 13.7. The molecule has 8 heteroatoms. The number of imidazole rings is 1. The van der Waals surface area contributed by atoms with Crippen molar-refractivity contribution in [2.24, 2.45) is 0 Å². The van der Waals surface area contributed by atoms with E-state index in [-0.39, 0.29) is 4.90 Å². The summed E-state index contributed by atoms with van der Waals surface area (Å²) in [6, 6.07) is 12.0. The molecule has 132 valence electrons. The number of fused-ring (bicyclic) bond motifs is 1. The molecule has 0 saturated heterocycles. The fraction of sp³-hybridized carbons (Fsp3) is 0.0556. The Morgan fingerprint density at radius 1 is 1.15 bits per heavy atom. The van der Waals surface area contributed by atoms with Crippen molar-refractivity contribution in [3.05, 3.63) is 70.8 Å². The summed E-state index contributed by atoms with van der Waals surface area (Å²) in [4.78, 5) is 5.63. The van der Waals surface area contributed by atoms with Gasteiger partial charge < -0.3 is 0 Å². The fourth-order valence-corrected chi connectivity index (χ4v) is 4.92. The summed E-state index contributed by atoms with van der Waals surface area (Å²) in [6.07, 6.45) is 3.90. The van der Waals surface area contributed by atoms with Crippen LogP contribution in [0.2, 0.25) is 5.02 Å². The van der Waals surface area contributed by atoms with E-state index < -0.39 is 10.0 Å². The maximum Gasteiger partial charge on any atom is 0.262 e. The third kappa shape index (κ3) is 3.09. The number of anilines is 1. The first kappa shape index (κ1) is 17.1. The van der Waals surface area contributed by atoms with Crippen LogP contribution in [-0.2, 0) is 10.0 Å². The molecule has 0 spiro atoms. The average molecular weight is 404 g/mol. The predicted octanol–water partition coefficient (Wildman–Crippen LogP) is 4.83. The van der Waals surface area contributed by atoms with E-state index in [9.17, 15) is 8.42 Å². The molecular formula is C18H14ClN3O2S2. The number of aromatic nitrogens is 2. The predicted molar refractivity (Wildman–Crippen MR) is 106 cm³/mol. The Kier molecular flexibility index (Phi) is 4.22. The molecule has 0 radical (unpaired) electrons. The van der Waals surface area contributed by atoms with Gasteiger partial charge in [-0.2, -0.15) is 0 Å². The molecule has 2 heterocycles. The van der Waals surface area contributed by atoms with Crippen LogP contribution < -0.4 is 4.72 Å². The Hall–Kier alpha value is -2.35. The molecule has 0 aliphatic rings. The van der Waals surface area contributed by atoms with Crippen molar-refractivity contribution in [2.45, 2.75) is 11.8 Å². The van der Waals surface area contributed by atoms with Crippen molar-refractivity contribution in [1.29, 1.82) is 0 Å². The molecule has 0 aliphatic heterocycles. The summed E-state index contributed by atoms with van der Waals surface area (Å²) in [7, 11) is -3.71. The summed E-state index contributed by atoms with van der Waals surface area (Å²) < 4.78 is 29.8. The zero-order chi connectivity index (χ0) is 18.3. The van der Waals surface area contributed by atoms with E-state index in [2.05, 4.69) is 9.71 Å². The van der Waals surface area contributed by atoms with Crippen LogP contribution in [-0.4, -0.2) is 17.8 Å². The van der Waals surface area contributed by atoms with Gasteiger partial charge in [-0.3, -0.25) is 9.12 Å². The molecule has 26 heavy (non-hydrogen) atoms. The van der Waals surface area contributed by atoms with Gasteiger partial charge in [-0.25, -0.2) is 13.4 Å². The lowest BCUT2D eigenvalue weighted by molar-refractivity contribution is 0.600. The van der Waals surface area contributed by atoms with Crippen LogP contribution >= 0.6 is 22.9 Å². The minimum atomic E-state index is -3.71. The van der Waals surface area contributed by atoms with Gasteiger partial charge in [0.1, 0.15) is 0 Å². The molecule has 2 aromatic heterocycles. The zero-order valence-corrected chi connectivity index (χ0v) is 16.1. The number of benzene rings is 2. The summed E-state index contributed by atoms with van der Waals surface area (Å²) in [5.41, 5.74) is 2.77. The van der Waals surface area contributed by atoms with Crippen LogP contribution in [0.25, 0.3) is 16.2 Å². The number of sulfonamides is 1. The lowest BCUT2D eigenvalue weighted by Gasteiger charge is -2.11. The third-order valence-corrected chi connectivity index (χ3v) is 6.74. The molecule has 4 aromatic rings. The first-order chi connectivity index (χ1) is 12.4. The number of hydrogen-bond acceptors (Lipinski definition) is 4. The highest BCUT2D eigenvalue weighted by Crippen LogP contribution is 2.26. The highest BCUT2D eigenvalue weighted by Gasteiger charge is 2.18. The van der Waals surface area contributed by atoms with Crippen molar-refractivity contribution in [3.63, 3.8) is 0 Å². The van der Waals surface area contributed by atoms with Gasteiger partial charge in [0.2, 0.25) is 0 Å². The van der Waals surface area contributed by atoms with Gasteiger partial charge in [0.15, 0.2) is 4.96 Å². The van der Waals surface area contributed by atoms with Crippen molar-refractivity contribution >= 4 is 43.6 Å². The van der Waals surface area contributed by atoms with E-state index in [4.69, 9.17) is 11.6 Å². The van der Waals surface area contributed by atoms with Gasteiger partial charge in [-0.05, 0) is 36.8 Å². The molecule has 0 saturated carbocycles. The summed E-state index contributed by atoms with van der Waals surface area (Å²) >= 11 is 7.60. The first-order valence-corrected chi connectivity index (χ1v) is 10.5. The van der Waals surface area contributed by atoms with Crippen LogP contribution in [0.4, 0.5) is 5.69 Å². The van der Waals surface area contributed by atoms with Crippen LogP contribution in [0.15, 0.2) is 65.1 Å². The lowest BCUT2D eigenvalue weighted by Crippen LogP contribution is -2.14. The number of rotatable bonds is 4. The Bertz CT molecular complexity index is 1170. The largest absolute Gasteiger partial charge is 0.297 e. The second-order valence-electron chi connectivity index (χ2n) is 5.76. The number of hydrogen-bond donors (Lipinski definition) is 1. The quantitative estimate of drug-likeness (QED) is 0.531. The normalized spacial score (nSPS) is 11.8. The van der Waals surface area contributed by atoms with Crippen LogP contribution in [0, 0.1) is 6.92 Å². The first-order valence-electron chi connectivity index (χ1n) is 7.75. The molecule has 1 N–H and O–H groups in total. The Morgan fingerprint density at radius 3 is 2.65 bits per heavy atom. The number of thiazole rings is 1. The molecule has 5 nitrogen and oxygen atoms in total. The van der Waals surface area contributed by atoms with Crippen LogP contribution in [0.5, 0.6) is 0 Å². The Labute approximate surface area is 160 Å². The molecule has 0 unspecified atom stereocenters. The SMILES string of the molecule is Cc1c(Cl)cccc1S(=O)(=O)Nc1ccc(-c2cn3ccsc3n2)cc1. The minimum absolute atomic E-state index is 0.170. The molecule has 0 bridgehead atoms. The summed E-state index contributed by atoms with van der Waals surface area (Å²) in [5, 5.41) is 2.39. The molecule has 0 aliphatic carbocycles. The molecule has 0 amide bonds. The highest BCUT2D eigenvalue weighted by molar-refractivity contribution is 7.92. The smallest absolute Gasteiger partial charge is 0.262 e. The second kappa shape index (κ2) is 6.42. The molecule has 0 fully saturated rings. The van der Waals surface area contributed by atoms with Gasteiger partial charge >= 0.3 is 0 Å². The van der Waals surface area contributed by atoms with Gasteiger partial charge in [-0.15, -0.1) is 11.3 Å². The molecule has 0 atom stereocenters. The van der Waals surface area contributed by atoms with Gasteiger partial charge in [-0.1, -0.05) is 29.8 Å². The highest BCUT2D eigenvalue weighted by atomic mass is 35.5. The average Bonchev–Trinajstić information content (AvgIpc) is 3.19. The van der Waals surface area contributed by atoms with Gasteiger partial charge in [0, 0.05) is 34.0 Å². The number of nitrogens with zero attached hydrogens (tertiary/aromatic N) is 2. The number of nitrogens with one attached hydrogen (secondary N) is 1. The molecular weight excluding hydrogens is 390 g/mol. The maximum atomic E-state index is 12.6. The summed E-state index contributed by atoms with van der Waals surface area (Å²) in [5.74, 6) is 0. The second-order valence-corrected chi connectivity index (χ2v) is 8.70. The third-order valence-electron chi connectivity index (χ3n) is 4.03. The molecule has 2 aromatic carbocycles. The van der Waals surface area contributed by atoms with E-state index in [1.54, 1.807) is 42.5 Å². The van der Waals surface area contributed by atoms with E-state index in [0.29, 0.717) is 16.3 Å². The van der Waals surface area contributed by atoms with Gasteiger partial charge in [0.05, 0.1) is 10.6 Å². The number of halogens is 1. The topological polar surface area (TPSA) is 63.5 Å². The van der Waals surface area contributed by atoms with E-state index in [1.807, 2.05) is 34.3 Å². The van der Waals surface area contributed by atoms with Crippen LogP contribution in [0.3, 0.4) is 0 Å². The van der Waals surface area contributed by atoms with E-state index in [1.165, 1.54) is 6.07 Å². The Morgan fingerprint density at radius 2 is 1.92 bits per heavy atom.